The van der Waals surface area contributed by atoms with Gasteiger partial charge in [0, 0.05) is 68.1 Å². The van der Waals surface area contributed by atoms with Crippen LogP contribution < -0.4 is 32.3 Å². The molecule has 1 aromatic heterocycles. The standard InChI is InChI=1S/C59H77F3N12O8S/c1-38(2)50(68-48(75)17-11-8-12-28-72-39(3)18-25-49(72)76)55(78)67-47(16-13-27-64-56(63)79)54(77)65-43-22-19-41(20-23-43)37-82-57(80)66-44(35-60)26-29-73(58(81)71-30-32-83-33-31-71)51(59(4,5)6)53-69-52(45-34-42(61)21-24-46(45)62)70-74(53)36-40-14-9-7-10-15-40/h7,9-10,14-15,18-25,34,38,44,47,50-51H,3,8,11-13,16-17,26-33,35-37H2,1-2,4-6H3,(H,65,77)(H,66,80)(H,67,78)(H,68,75)(H3,63,64,79)/t44-,47+,50+,51+/m1/s1. The van der Waals surface area contributed by atoms with E-state index in [1.807, 2.05) is 51.1 Å². The first-order valence-electron chi connectivity index (χ1n) is 27.9. The van der Waals surface area contributed by atoms with E-state index in [4.69, 9.17) is 20.6 Å². The summed E-state index contributed by atoms with van der Waals surface area (Å²) in [5.41, 5.74) is 6.63. The third-order valence-corrected chi connectivity index (χ3v) is 14.9. The van der Waals surface area contributed by atoms with Crippen LogP contribution in [-0.4, -0.2) is 140 Å². The fourth-order valence-electron chi connectivity index (χ4n) is 9.54. The molecule has 0 spiro atoms. The minimum atomic E-state index is -1.10. The Labute approximate surface area is 487 Å². The quantitative estimate of drug-likeness (QED) is 0.0297. The molecule has 3 aromatic carbocycles. The number of amides is 9. The molecule has 20 nitrogen and oxygen atoms in total. The Morgan fingerprint density at radius 1 is 0.867 bits per heavy atom. The SMILES string of the molecule is C=C1C=CC(=O)N1CCCCCC(=O)N[C@H](C(=O)N[C@@H](CCCNC(N)=O)C(=O)Nc1ccc(COC(=O)N[C@@H](CF)CCN(C(=O)N2CCSCC2)[C@@H](c2nc(-c3cc(F)ccc3F)nn2Cc2ccccc2)C(C)(C)C)cc1)C(C)C. The predicted molar refractivity (Wildman–Crippen MR) is 311 cm³/mol. The van der Waals surface area contributed by atoms with Gasteiger partial charge in [0.25, 0.3) is 5.91 Å². The van der Waals surface area contributed by atoms with E-state index >= 15 is 4.39 Å². The van der Waals surface area contributed by atoms with E-state index < -0.39 is 71.8 Å². The number of alkyl halides is 1. The molecule has 0 unspecified atom stereocenters. The van der Waals surface area contributed by atoms with E-state index in [1.54, 1.807) is 75.3 Å². The molecule has 448 valence electrons. The number of nitrogens with two attached hydrogens (primary N) is 1. The predicted octanol–water partition coefficient (Wildman–Crippen LogP) is 7.97. The number of urea groups is 2. The van der Waals surface area contributed by atoms with E-state index in [0.29, 0.717) is 73.2 Å². The molecule has 0 saturated carbocycles. The Morgan fingerprint density at radius 2 is 1.59 bits per heavy atom. The Balaban J connectivity index is 1.08. The van der Waals surface area contributed by atoms with Gasteiger partial charge in [0.1, 0.15) is 37.0 Å². The number of primary amides is 1. The molecule has 24 heteroatoms. The second-order valence-corrected chi connectivity index (χ2v) is 23.1. The molecule has 4 atom stereocenters. The molecule has 0 bridgehead atoms. The van der Waals surface area contributed by atoms with Gasteiger partial charge < -0.3 is 51.8 Å². The zero-order chi connectivity index (χ0) is 60.2. The van der Waals surface area contributed by atoms with Gasteiger partial charge in [-0.3, -0.25) is 19.2 Å². The highest BCUT2D eigenvalue weighted by Crippen LogP contribution is 2.40. The highest BCUT2D eigenvalue weighted by atomic mass is 32.2. The van der Waals surface area contributed by atoms with Crippen LogP contribution >= 0.6 is 11.8 Å². The van der Waals surface area contributed by atoms with E-state index in [1.165, 1.54) is 6.08 Å². The number of unbranched alkanes of at least 4 members (excludes halogenated alkanes) is 2. The molecular weight excluding hydrogens is 1090 g/mol. The van der Waals surface area contributed by atoms with Gasteiger partial charge in [-0.2, -0.15) is 16.9 Å². The summed E-state index contributed by atoms with van der Waals surface area (Å²) in [5.74, 6) is -1.76. The van der Waals surface area contributed by atoms with E-state index in [-0.39, 0.29) is 87.1 Å². The van der Waals surface area contributed by atoms with Crippen LogP contribution in [0.4, 0.5) is 33.2 Å². The number of benzene rings is 3. The smallest absolute Gasteiger partial charge is 0.407 e. The van der Waals surface area contributed by atoms with Crippen LogP contribution in [0.5, 0.6) is 0 Å². The van der Waals surface area contributed by atoms with Crippen molar-refractivity contribution in [1.29, 1.82) is 0 Å². The number of halogens is 3. The van der Waals surface area contributed by atoms with Gasteiger partial charge in [0.05, 0.1) is 24.2 Å². The van der Waals surface area contributed by atoms with Crippen LogP contribution in [0.25, 0.3) is 11.4 Å². The Kier molecular flexibility index (Phi) is 24.0. The number of thioether (sulfide) groups is 1. The maximum atomic E-state index is 15.3. The van der Waals surface area contributed by atoms with E-state index in [2.05, 4.69) is 33.2 Å². The zero-order valence-corrected chi connectivity index (χ0v) is 48.6. The van der Waals surface area contributed by atoms with Crippen molar-refractivity contribution in [2.24, 2.45) is 17.1 Å². The van der Waals surface area contributed by atoms with Crippen molar-refractivity contribution in [2.45, 2.75) is 117 Å². The molecule has 3 heterocycles. The van der Waals surface area contributed by atoms with Crippen LogP contribution in [0.3, 0.4) is 0 Å². The molecule has 9 amide bonds. The van der Waals surface area contributed by atoms with E-state index in [0.717, 1.165) is 23.8 Å². The minimum Gasteiger partial charge on any atom is -0.445 e. The number of nitrogens with zero attached hydrogens (tertiary/aromatic N) is 6. The molecule has 0 radical (unpaired) electrons. The Bertz CT molecular complexity index is 2900. The summed E-state index contributed by atoms with van der Waals surface area (Å²) in [6, 6.07) is 13.6. The number of anilines is 1. The van der Waals surface area contributed by atoms with Crippen molar-refractivity contribution >= 4 is 59.2 Å². The lowest BCUT2D eigenvalue weighted by atomic mass is 9.84. The number of alkyl carbamates (subject to hydrolysis) is 1. The molecule has 83 heavy (non-hydrogen) atoms. The minimum absolute atomic E-state index is 0.0460. The summed E-state index contributed by atoms with van der Waals surface area (Å²) in [6.07, 6.45) is 4.51. The van der Waals surface area contributed by atoms with Gasteiger partial charge in [0.15, 0.2) is 11.6 Å². The van der Waals surface area contributed by atoms with Crippen LogP contribution in [0.15, 0.2) is 97.2 Å². The maximum Gasteiger partial charge on any atom is 0.407 e. The number of ether oxygens (including phenoxy) is 1. The molecule has 1 saturated heterocycles. The Morgan fingerprint density at radius 3 is 2.24 bits per heavy atom. The first-order valence-corrected chi connectivity index (χ1v) is 29.0. The lowest BCUT2D eigenvalue weighted by Crippen LogP contribution is -2.54. The summed E-state index contributed by atoms with van der Waals surface area (Å²) in [5, 5.41) is 18.1. The lowest BCUT2D eigenvalue weighted by molar-refractivity contribution is -0.132. The van der Waals surface area contributed by atoms with Crippen LogP contribution in [-0.2, 0) is 37.1 Å². The summed E-state index contributed by atoms with van der Waals surface area (Å²) in [6.45, 7) is 13.5. The van der Waals surface area contributed by atoms with Gasteiger partial charge in [-0.1, -0.05) is 90.1 Å². The summed E-state index contributed by atoms with van der Waals surface area (Å²) < 4.78 is 52.0. The number of nitrogens with one attached hydrogen (secondary N) is 5. The first-order chi connectivity index (χ1) is 39.6. The van der Waals surface area contributed by atoms with Gasteiger partial charge in [-0.15, -0.1) is 0 Å². The van der Waals surface area contributed by atoms with Gasteiger partial charge in [-0.05, 0) is 91.0 Å². The van der Waals surface area contributed by atoms with Crippen molar-refractivity contribution in [3.63, 3.8) is 0 Å². The fraction of sp³-hybridized carbons (Fsp3) is 0.475. The number of carbonyl (C=O) groups is 7. The monoisotopic (exact) mass is 1170 g/mol. The summed E-state index contributed by atoms with van der Waals surface area (Å²) in [4.78, 5) is 102. The molecule has 4 aromatic rings. The van der Waals surface area contributed by atoms with E-state index in [9.17, 15) is 42.3 Å². The molecule has 7 N–H and O–H groups in total. The first kappa shape index (κ1) is 64.3. The topological polar surface area (TPSA) is 255 Å². The molecular formula is C59H77F3N12O8S. The van der Waals surface area contributed by atoms with Crippen molar-refractivity contribution < 1.29 is 51.5 Å². The van der Waals surface area contributed by atoms with Crippen LogP contribution in [0, 0.1) is 23.0 Å². The Hall–Kier alpha value is -7.89. The number of allylic oxidation sites excluding steroid dienone is 1. The summed E-state index contributed by atoms with van der Waals surface area (Å²) in [7, 11) is 0. The zero-order valence-electron chi connectivity index (χ0n) is 47.8. The van der Waals surface area contributed by atoms with Crippen molar-refractivity contribution in [3.05, 3.63) is 126 Å². The maximum absolute atomic E-state index is 15.3. The number of hydrogen-bond acceptors (Lipinski definition) is 11. The van der Waals surface area contributed by atoms with Crippen molar-refractivity contribution in [1.82, 2.24) is 50.7 Å². The lowest BCUT2D eigenvalue weighted by Gasteiger charge is -2.42. The van der Waals surface area contributed by atoms with Gasteiger partial charge in [-0.25, -0.2) is 37.2 Å². The molecule has 1 fully saturated rings. The highest BCUT2D eigenvalue weighted by Gasteiger charge is 2.41. The average Bonchev–Trinajstić information content (AvgIpc) is 4.20. The van der Waals surface area contributed by atoms with Crippen molar-refractivity contribution in [2.75, 3.05) is 56.2 Å². The molecule has 2 aliphatic heterocycles. The second-order valence-electron chi connectivity index (χ2n) is 21.9. The summed E-state index contributed by atoms with van der Waals surface area (Å²) >= 11 is 1.72. The third kappa shape index (κ3) is 19.4. The van der Waals surface area contributed by atoms with Gasteiger partial charge >= 0.3 is 18.2 Å². The number of aromatic nitrogens is 3. The second kappa shape index (κ2) is 31.0. The molecule has 6 rings (SSSR count). The van der Waals surface area contributed by atoms with Crippen molar-refractivity contribution in [3.8, 4) is 11.4 Å². The molecule has 2 aliphatic rings. The highest BCUT2D eigenvalue weighted by molar-refractivity contribution is 7.99. The normalized spacial score (nSPS) is 14.9. The third-order valence-electron chi connectivity index (χ3n) is 14.0. The van der Waals surface area contributed by atoms with Crippen LogP contribution in [0.2, 0.25) is 0 Å². The van der Waals surface area contributed by atoms with Gasteiger partial charge in [0.2, 0.25) is 17.7 Å². The number of carbonyl (C=O) groups excluding carboxylic acids is 7. The number of hydrogen-bond donors (Lipinski definition) is 6. The number of rotatable bonds is 28. The fourth-order valence-corrected chi connectivity index (χ4v) is 10.4. The largest absolute Gasteiger partial charge is 0.445 e. The average molecular weight is 1170 g/mol. The van der Waals surface area contributed by atoms with Crippen LogP contribution in [0.1, 0.15) is 103 Å². The molecule has 0 aliphatic carbocycles.